The van der Waals surface area contributed by atoms with Crippen molar-refractivity contribution in [3.8, 4) is 11.5 Å². The third kappa shape index (κ3) is 5.41. The second-order valence-electron chi connectivity index (χ2n) is 9.42. The Morgan fingerprint density at radius 3 is 2.72 bits per heavy atom. The van der Waals surface area contributed by atoms with Crippen molar-refractivity contribution in [2.24, 2.45) is 0 Å². The third-order valence-corrected chi connectivity index (χ3v) is 6.65. The first-order valence-electron chi connectivity index (χ1n) is 12.7. The Hall–Kier alpha value is -3.32. The molecule has 0 radical (unpaired) electrons. The van der Waals surface area contributed by atoms with Crippen molar-refractivity contribution in [2.75, 3.05) is 26.9 Å². The van der Waals surface area contributed by atoms with Gasteiger partial charge in [0.05, 0.1) is 18.2 Å². The highest BCUT2D eigenvalue weighted by molar-refractivity contribution is 6.46. The molecule has 2 aliphatic heterocycles. The molecule has 4 rings (SSSR count). The molecule has 36 heavy (non-hydrogen) atoms. The summed E-state index contributed by atoms with van der Waals surface area (Å²) >= 11 is 0. The van der Waals surface area contributed by atoms with Gasteiger partial charge >= 0.3 is 0 Å². The summed E-state index contributed by atoms with van der Waals surface area (Å²) in [6.07, 6.45) is 4.50. The van der Waals surface area contributed by atoms with Crippen molar-refractivity contribution in [3.63, 3.8) is 0 Å². The molecule has 1 saturated heterocycles. The van der Waals surface area contributed by atoms with E-state index in [2.05, 4.69) is 6.92 Å². The number of ether oxygens (including phenoxy) is 3. The zero-order valence-electron chi connectivity index (χ0n) is 21.3. The van der Waals surface area contributed by atoms with Crippen molar-refractivity contribution in [3.05, 3.63) is 64.7 Å². The molecule has 2 heterocycles. The van der Waals surface area contributed by atoms with Gasteiger partial charge in [0.2, 0.25) is 0 Å². The number of aliphatic hydroxyl groups excluding tert-OH is 1. The fourth-order valence-corrected chi connectivity index (χ4v) is 4.88. The van der Waals surface area contributed by atoms with Gasteiger partial charge in [0.1, 0.15) is 23.4 Å². The summed E-state index contributed by atoms with van der Waals surface area (Å²) in [5.41, 5.74) is 2.28. The summed E-state index contributed by atoms with van der Waals surface area (Å²) in [5.74, 6) is -0.0261. The van der Waals surface area contributed by atoms with E-state index in [-0.39, 0.29) is 17.4 Å². The maximum Gasteiger partial charge on any atom is 0.295 e. The number of carbonyl (C=O) groups is 2. The fourth-order valence-electron chi connectivity index (χ4n) is 4.88. The van der Waals surface area contributed by atoms with Gasteiger partial charge in [-0.15, -0.1) is 0 Å². The summed E-state index contributed by atoms with van der Waals surface area (Å²) in [5, 5.41) is 11.4. The number of carbonyl (C=O) groups excluding carboxylic acids is 2. The Labute approximate surface area is 212 Å². The molecule has 0 saturated carbocycles. The second kappa shape index (κ2) is 11.6. The van der Waals surface area contributed by atoms with Gasteiger partial charge in [-0.3, -0.25) is 9.59 Å². The third-order valence-electron chi connectivity index (χ3n) is 6.65. The number of unbranched alkanes of at least 4 members (excludes halogenated alkanes) is 2. The average Bonchev–Trinajstić information content (AvgIpc) is 3.37. The zero-order valence-corrected chi connectivity index (χ0v) is 21.3. The van der Waals surface area contributed by atoms with E-state index in [1.165, 1.54) is 4.90 Å². The normalized spacial score (nSPS) is 20.5. The Morgan fingerprint density at radius 2 is 1.94 bits per heavy atom. The predicted molar refractivity (Wildman–Crippen MR) is 137 cm³/mol. The lowest BCUT2D eigenvalue weighted by Crippen LogP contribution is -2.31. The number of hydrogen-bond donors (Lipinski definition) is 1. The first-order valence-corrected chi connectivity index (χ1v) is 12.7. The molecule has 0 unspecified atom stereocenters. The van der Waals surface area contributed by atoms with E-state index in [1.807, 2.05) is 43.3 Å². The molecular weight excluding hydrogens is 458 g/mol. The summed E-state index contributed by atoms with van der Waals surface area (Å²) in [7, 11) is 1.60. The lowest BCUT2D eigenvalue weighted by molar-refractivity contribution is -0.140. The molecule has 1 amide bonds. The van der Waals surface area contributed by atoms with Crippen LogP contribution in [-0.4, -0.2) is 54.7 Å². The summed E-state index contributed by atoms with van der Waals surface area (Å²) in [6, 6.07) is 12.1. The minimum atomic E-state index is -0.718. The van der Waals surface area contributed by atoms with Crippen LogP contribution in [0.15, 0.2) is 48.0 Å². The molecule has 0 spiro atoms. The molecule has 192 valence electrons. The molecular formula is C29H35NO6. The first-order chi connectivity index (χ1) is 17.4. The van der Waals surface area contributed by atoms with Crippen LogP contribution in [0.2, 0.25) is 0 Å². The van der Waals surface area contributed by atoms with Crippen LogP contribution in [-0.2, 0) is 20.7 Å². The molecule has 2 aromatic rings. The molecule has 1 fully saturated rings. The van der Waals surface area contributed by atoms with Crippen LogP contribution >= 0.6 is 0 Å². The standard InChI is InChI=1S/C29H35NO6/c1-4-5-6-15-35-23-10-7-9-20(18-23)26-25(28(32)29(33)30(26)13-8-14-34-3)27(31)21-11-12-24-22(17-21)16-19(2)36-24/h7,9-12,17-19,26,31H,4-6,8,13-16H2,1-3H3/b27-25+/t19-,26+/m1/s1. The number of aliphatic hydroxyl groups is 1. The van der Waals surface area contributed by atoms with Crippen LogP contribution in [0.1, 0.15) is 62.3 Å². The number of nitrogens with zero attached hydrogens (tertiary/aromatic N) is 1. The fraction of sp³-hybridized carbons (Fsp3) is 0.448. The smallest absolute Gasteiger partial charge is 0.295 e. The number of ketones is 1. The van der Waals surface area contributed by atoms with E-state index >= 15 is 0 Å². The molecule has 2 atom stereocenters. The van der Waals surface area contributed by atoms with Gasteiger partial charge < -0.3 is 24.2 Å². The predicted octanol–water partition coefficient (Wildman–Crippen LogP) is 5.04. The van der Waals surface area contributed by atoms with Crippen LogP contribution in [0.3, 0.4) is 0 Å². The molecule has 0 aliphatic carbocycles. The monoisotopic (exact) mass is 493 g/mol. The SMILES string of the molecule is CCCCCOc1cccc([C@H]2/C(=C(\O)c3ccc4c(c3)C[C@@H](C)O4)C(=O)C(=O)N2CCCOC)c1. The largest absolute Gasteiger partial charge is 0.507 e. The van der Waals surface area contributed by atoms with Gasteiger partial charge in [-0.1, -0.05) is 31.9 Å². The number of fused-ring (bicyclic) bond motifs is 1. The van der Waals surface area contributed by atoms with E-state index in [0.29, 0.717) is 37.5 Å². The maximum absolute atomic E-state index is 13.3. The van der Waals surface area contributed by atoms with Crippen molar-refractivity contribution in [1.29, 1.82) is 0 Å². The van der Waals surface area contributed by atoms with Crippen LogP contribution < -0.4 is 9.47 Å². The van der Waals surface area contributed by atoms with Gasteiger partial charge in [-0.25, -0.2) is 0 Å². The summed E-state index contributed by atoms with van der Waals surface area (Å²) in [6.45, 7) is 5.52. The summed E-state index contributed by atoms with van der Waals surface area (Å²) < 4.78 is 16.9. The van der Waals surface area contributed by atoms with Crippen LogP contribution in [0, 0.1) is 0 Å². The minimum absolute atomic E-state index is 0.0591. The average molecular weight is 494 g/mol. The van der Waals surface area contributed by atoms with E-state index in [4.69, 9.17) is 14.2 Å². The number of hydrogen-bond acceptors (Lipinski definition) is 6. The number of rotatable bonds is 11. The lowest BCUT2D eigenvalue weighted by atomic mass is 9.94. The van der Waals surface area contributed by atoms with Gasteiger partial charge in [0.25, 0.3) is 11.7 Å². The van der Waals surface area contributed by atoms with Crippen molar-refractivity contribution >= 4 is 17.4 Å². The number of Topliss-reactive ketones (excluding diaryl/α,β-unsaturated/α-hetero) is 1. The second-order valence-corrected chi connectivity index (χ2v) is 9.42. The molecule has 2 aromatic carbocycles. The van der Waals surface area contributed by atoms with Gasteiger partial charge in [0.15, 0.2) is 0 Å². The quantitative estimate of drug-likeness (QED) is 0.204. The Morgan fingerprint density at radius 1 is 1.11 bits per heavy atom. The van der Waals surface area contributed by atoms with E-state index in [0.717, 1.165) is 42.6 Å². The summed E-state index contributed by atoms with van der Waals surface area (Å²) in [4.78, 5) is 27.9. The molecule has 0 aromatic heterocycles. The van der Waals surface area contributed by atoms with Gasteiger partial charge in [-0.2, -0.15) is 0 Å². The Bertz CT molecular complexity index is 1140. The van der Waals surface area contributed by atoms with Crippen LogP contribution in [0.25, 0.3) is 5.76 Å². The zero-order chi connectivity index (χ0) is 25.7. The highest BCUT2D eigenvalue weighted by atomic mass is 16.5. The Balaban J connectivity index is 1.72. The van der Waals surface area contributed by atoms with Gasteiger partial charge in [0, 0.05) is 32.2 Å². The van der Waals surface area contributed by atoms with Crippen molar-refractivity contribution < 1.29 is 28.9 Å². The number of methoxy groups -OCH3 is 1. The Kier molecular flexibility index (Phi) is 8.31. The number of amides is 1. The maximum atomic E-state index is 13.3. The lowest BCUT2D eigenvalue weighted by Gasteiger charge is -2.25. The topological polar surface area (TPSA) is 85.3 Å². The van der Waals surface area contributed by atoms with Gasteiger partial charge in [-0.05, 0) is 61.2 Å². The molecule has 2 aliphatic rings. The molecule has 1 N–H and O–H groups in total. The van der Waals surface area contributed by atoms with E-state index in [1.54, 1.807) is 13.2 Å². The van der Waals surface area contributed by atoms with Crippen molar-refractivity contribution in [1.82, 2.24) is 4.90 Å². The van der Waals surface area contributed by atoms with Crippen molar-refractivity contribution in [2.45, 2.75) is 58.1 Å². The highest BCUT2D eigenvalue weighted by Gasteiger charge is 2.46. The number of likely N-dealkylation sites (tertiary alicyclic amines) is 1. The first kappa shape index (κ1) is 25.8. The van der Waals surface area contributed by atoms with Crippen LogP contribution in [0.4, 0.5) is 0 Å². The molecule has 7 heteroatoms. The molecule has 7 nitrogen and oxygen atoms in total. The van der Waals surface area contributed by atoms with E-state index in [9.17, 15) is 14.7 Å². The van der Waals surface area contributed by atoms with Crippen LogP contribution in [0.5, 0.6) is 11.5 Å². The van der Waals surface area contributed by atoms with E-state index < -0.39 is 17.7 Å². The minimum Gasteiger partial charge on any atom is -0.507 e. The number of benzene rings is 2. The molecule has 0 bridgehead atoms. The highest BCUT2D eigenvalue weighted by Crippen LogP contribution is 2.41.